The molecule has 1 heterocycles. The highest BCUT2D eigenvalue weighted by Crippen LogP contribution is 2.35. The summed E-state index contributed by atoms with van der Waals surface area (Å²) in [7, 11) is 0. The Labute approximate surface area is 223 Å². The first-order valence-corrected chi connectivity index (χ1v) is 12.7. The van der Waals surface area contributed by atoms with Crippen molar-refractivity contribution in [3.8, 4) is 5.75 Å². The number of halogens is 2. The molecule has 0 bridgehead atoms. The van der Waals surface area contributed by atoms with Crippen molar-refractivity contribution >= 4 is 56.3 Å². The molecular formula is C30H24Cl2N2O3. The Morgan fingerprint density at radius 3 is 2.43 bits per heavy atom. The summed E-state index contributed by atoms with van der Waals surface area (Å²) in [6.07, 6.45) is 0.905. The van der Waals surface area contributed by atoms with Gasteiger partial charge in [0.2, 0.25) is 0 Å². The molecule has 0 saturated heterocycles. The zero-order chi connectivity index (χ0) is 26.1. The molecule has 0 aliphatic carbocycles. The second-order valence-electron chi connectivity index (χ2n) is 8.95. The summed E-state index contributed by atoms with van der Waals surface area (Å²) in [6.45, 7) is 1.94. The predicted molar refractivity (Wildman–Crippen MR) is 151 cm³/mol. The van der Waals surface area contributed by atoms with E-state index in [2.05, 4.69) is 10.3 Å². The van der Waals surface area contributed by atoms with Crippen LogP contribution >= 0.6 is 23.2 Å². The fourth-order valence-corrected chi connectivity index (χ4v) is 5.11. The molecule has 5 aromatic rings. The van der Waals surface area contributed by atoms with Crippen molar-refractivity contribution in [3.05, 3.63) is 116 Å². The first kappa shape index (κ1) is 24.9. The summed E-state index contributed by atoms with van der Waals surface area (Å²) in [5, 5.41) is 17.7. The molecule has 4 aromatic carbocycles. The monoisotopic (exact) mass is 530 g/mol. The zero-order valence-corrected chi connectivity index (χ0v) is 21.5. The molecule has 0 saturated carbocycles. The van der Waals surface area contributed by atoms with Gasteiger partial charge < -0.3 is 15.4 Å². The van der Waals surface area contributed by atoms with Crippen LogP contribution in [0.1, 0.15) is 28.4 Å². The lowest BCUT2D eigenvalue weighted by Crippen LogP contribution is -2.35. The average Bonchev–Trinajstić information content (AvgIpc) is 2.89. The lowest BCUT2D eigenvalue weighted by molar-refractivity contribution is 0.0965. The summed E-state index contributed by atoms with van der Waals surface area (Å²) < 4.78 is 0. The number of hydrogen-bond donors (Lipinski definition) is 3. The number of aromatic amines is 1. The van der Waals surface area contributed by atoms with E-state index in [1.165, 1.54) is 0 Å². The maximum Gasteiger partial charge on any atom is 0.263 e. The molecule has 1 aromatic heterocycles. The van der Waals surface area contributed by atoms with Gasteiger partial charge in [-0.3, -0.25) is 9.59 Å². The lowest BCUT2D eigenvalue weighted by atomic mass is 9.95. The summed E-state index contributed by atoms with van der Waals surface area (Å²) in [4.78, 5) is 29.7. The molecule has 5 nitrogen and oxygen atoms in total. The van der Waals surface area contributed by atoms with Crippen molar-refractivity contribution in [1.82, 2.24) is 4.98 Å². The number of aromatic hydroxyl groups is 1. The van der Waals surface area contributed by atoms with E-state index in [1.54, 1.807) is 24.3 Å². The van der Waals surface area contributed by atoms with Gasteiger partial charge in [0.1, 0.15) is 11.3 Å². The van der Waals surface area contributed by atoms with E-state index in [4.69, 9.17) is 23.2 Å². The fraction of sp³-hybridized carbons (Fsp3) is 0.133. The quantitative estimate of drug-likeness (QED) is 0.195. The van der Waals surface area contributed by atoms with Gasteiger partial charge in [-0.25, -0.2) is 0 Å². The van der Waals surface area contributed by atoms with Crippen LogP contribution in [0.15, 0.2) is 83.7 Å². The molecule has 0 fully saturated rings. The van der Waals surface area contributed by atoms with Crippen molar-refractivity contribution in [2.75, 3.05) is 5.32 Å². The van der Waals surface area contributed by atoms with Gasteiger partial charge in [-0.1, -0.05) is 78.7 Å². The number of carbonyl (C=O) groups excluding carboxylic acids is 1. The molecule has 0 amide bonds. The molecule has 5 rings (SSSR count). The smallest absolute Gasteiger partial charge is 0.263 e. The predicted octanol–water partition coefficient (Wildman–Crippen LogP) is 7.16. The molecule has 0 aliphatic heterocycles. The number of rotatable bonds is 7. The number of nitrogens with one attached hydrogen (secondary N) is 2. The number of anilines is 1. The standard InChI is InChI=1S/C30H24Cl2N2O3/c1-2-18-10-14-23-25(27(18)32)29(36)26(30(37)34-23)28(35)24(15-17-7-11-21(31)12-8-17)33-22-13-9-19-5-3-4-6-20(19)16-22/h3-14,16,24,33H,2,15H2,1H3,(H2,34,36,37). The molecular weight excluding hydrogens is 507 g/mol. The maximum atomic E-state index is 13.9. The highest BCUT2D eigenvalue weighted by molar-refractivity contribution is 6.37. The number of aryl methyl sites for hydroxylation is 1. The van der Waals surface area contributed by atoms with Crippen molar-refractivity contribution in [2.24, 2.45) is 0 Å². The van der Waals surface area contributed by atoms with E-state index in [9.17, 15) is 14.7 Å². The molecule has 0 radical (unpaired) electrons. The van der Waals surface area contributed by atoms with Crippen LogP contribution in [0.4, 0.5) is 5.69 Å². The maximum absolute atomic E-state index is 13.9. The van der Waals surface area contributed by atoms with Crippen molar-refractivity contribution in [3.63, 3.8) is 0 Å². The number of H-pyrrole nitrogens is 1. The number of benzene rings is 4. The highest BCUT2D eigenvalue weighted by atomic mass is 35.5. The Kier molecular flexibility index (Phi) is 6.92. The van der Waals surface area contributed by atoms with Crippen LogP contribution in [0.5, 0.6) is 5.75 Å². The second-order valence-corrected chi connectivity index (χ2v) is 9.76. The molecule has 0 spiro atoms. The van der Waals surface area contributed by atoms with Crippen LogP contribution in [0, 0.1) is 0 Å². The van der Waals surface area contributed by atoms with Gasteiger partial charge in [0.15, 0.2) is 5.78 Å². The van der Waals surface area contributed by atoms with Gasteiger partial charge >= 0.3 is 0 Å². The Morgan fingerprint density at radius 1 is 0.973 bits per heavy atom. The number of pyridine rings is 1. The minimum atomic E-state index is -0.847. The number of carbonyl (C=O) groups is 1. The Bertz CT molecular complexity index is 1690. The highest BCUT2D eigenvalue weighted by Gasteiger charge is 2.28. The Hall–Kier alpha value is -3.80. The molecule has 3 N–H and O–H groups in total. The Balaban J connectivity index is 1.60. The van der Waals surface area contributed by atoms with Crippen LogP contribution in [0.25, 0.3) is 21.7 Å². The van der Waals surface area contributed by atoms with Gasteiger partial charge in [0, 0.05) is 17.1 Å². The third-order valence-corrected chi connectivity index (χ3v) is 7.24. The van der Waals surface area contributed by atoms with E-state index in [1.807, 2.05) is 61.5 Å². The minimum absolute atomic E-state index is 0.264. The number of fused-ring (bicyclic) bond motifs is 2. The number of ketones is 1. The molecule has 37 heavy (non-hydrogen) atoms. The third kappa shape index (κ3) is 4.93. The van der Waals surface area contributed by atoms with Crippen LogP contribution in [0.3, 0.4) is 0 Å². The van der Waals surface area contributed by atoms with Crippen molar-refractivity contribution < 1.29 is 9.90 Å². The van der Waals surface area contributed by atoms with Crippen molar-refractivity contribution in [2.45, 2.75) is 25.8 Å². The first-order chi connectivity index (χ1) is 17.9. The molecule has 186 valence electrons. The van der Waals surface area contributed by atoms with Gasteiger partial charge in [-0.05, 0) is 58.7 Å². The van der Waals surface area contributed by atoms with Crippen LogP contribution in [0.2, 0.25) is 10.0 Å². The van der Waals surface area contributed by atoms with Gasteiger partial charge in [-0.15, -0.1) is 0 Å². The van der Waals surface area contributed by atoms with E-state index in [0.717, 1.165) is 21.9 Å². The SMILES string of the molecule is CCc1ccc2[nH]c(=O)c(C(=O)C(Cc3ccc(Cl)cc3)Nc3ccc4ccccc4c3)c(O)c2c1Cl. The van der Waals surface area contributed by atoms with Crippen LogP contribution < -0.4 is 10.9 Å². The third-order valence-electron chi connectivity index (χ3n) is 6.56. The molecule has 7 heteroatoms. The van der Waals surface area contributed by atoms with Gasteiger partial charge in [0.05, 0.1) is 22.0 Å². The minimum Gasteiger partial charge on any atom is -0.506 e. The van der Waals surface area contributed by atoms with Gasteiger partial charge in [-0.2, -0.15) is 0 Å². The lowest BCUT2D eigenvalue weighted by Gasteiger charge is -2.20. The molecule has 1 atom stereocenters. The van der Waals surface area contributed by atoms with E-state index >= 15 is 0 Å². The topological polar surface area (TPSA) is 82.2 Å². The van der Waals surface area contributed by atoms with Gasteiger partial charge in [0.25, 0.3) is 5.56 Å². The van der Waals surface area contributed by atoms with Crippen molar-refractivity contribution in [1.29, 1.82) is 0 Å². The van der Waals surface area contributed by atoms with E-state index in [-0.39, 0.29) is 17.4 Å². The Morgan fingerprint density at radius 2 is 1.70 bits per heavy atom. The summed E-state index contributed by atoms with van der Waals surface area (Å²) in [5.41, 5.74) is 1.75. The van der Waals surface area contributed by atoms with Crippen LogP contribution in [-0.2, 0) is 12.8 Å². The largest absolute Gasteiger partial charge is 0.506 e. The zero-order valence-electron chi connectivity index (χ0n) is 20.0. The number of aromatic nitrogens is 1. The fourth-order valence-electron chi connectivity index (χ4n) is 4.59. The first-order valence-electron chi connectivity index (χ1n) is 12.0. The average molecular weight is 531 g/mol. The normalized spacial score (nSPS) is 12.1. The number of Topliss-reactive ketones (excluding diaryl/α,β-unsaturated/α-hetero) is 1. The second kappa shape index (κ2) is 10.3. The van der Waals surface area contributed by atoms with E-state index < -0.39 is 23.1 Å². The summed E-state index contributed by atoms with van der Waals surface area (Å²) in [5.74, 6) is -0.952. The molecule has 0 aliphatic rings. The van der Waals surface area contributed by atoms with E-state index in [0.29, 0.717) is 27.7 Å². The number of hydrogen-bond acceptors (Lipinski definition) is 4. The van der Waals surface area contributed by atoms with Crippen LogP contribution in [-0.4, -0.2) is 21.9 Å². The summed E-state index contributed by atoms with van der Waals surface area (Å²) in [6, 6.07) is 23.5. The molecule has 1 unspecified atom stereocenters. The summed E-state index contributed by atoms with van der Waals surface area (Å²) >= 11 is 12.6.